The van der Waals surface area contributed by atoms with Gasteiger partial charge in [0.05, 0.1) is 10.7 Å². The van der Waals surface area contributed by atoms with Gasteiger partial charge >= 0.3 is 0 Å². The van der Waals surface area contributed by atoms with Gasteiger partial charge in [-0.15, -0.1) is 11.8 Å². The molecule has 0 aliphatic heterocycles. The molecule has 1 heterocycles. The molecule has 4 heteroatoms. The second-order valence-corrected chi connectivity index (χ2v) is 5.43. The van der Waals surface area contributed by atoms with Gasteiger partial charge in [-0.05, 0) is 31.2 Å². The maximum atomic E-state index is 10.1. The number of aromatic nitrogens is 1. The van der Waals surface area contributed by atoms with Gasteiger partial charge in [0.2, 0.25) is 0 Å². The molecule has 0 radical (unpaired) electrons. The van der Waals surface area contributed by atoms with E-state index in [1.54, 1.807) is 0 Å². The van der Waals surface area contributed by atoms with Crippen LogP contribution in [0.25, 0.3) is 0 Å². The van der Waals surface area contributed by atoms with Crippen molar-refractivity contribution in [2.45, 2.75) is 17.9 Å². The zero-order chi connectivity index (χ0) is 13.0. The fraction of sp³-hybridized carbons (Fsp3) is 0.214. The van der Waals surface area contributed by atoms with Gasteiger partial charge in [-0.2, -0.15) is 0 Å². The van der Waals surface area contributed by atoms with Crippen LogP contribution in [-0.4, -0.2) is 15.8 Å². The van der Waals surface area contributed by atoms with E-state index < -0.39 is 6.10 Å². The second kappa shape index (κ2) is 6.23. The molecular weight excluding hydrogens is 266 g/mol. The predicted molar refractivity (Wildman–Crippen MR) is 76.1 cm³/mol. The molecule has 1 aromatic heterocycles. The van der Waals surface area contributed by atoms with E-state index >= 15 is 0 Å². The summed E-state index contributed by atoms with van der Waals surface area (Å²) in [4.78, 5) is 5.29. The summed E-state index contributed by atoms with van der Waals surface area (Å²) in [5, 5.41) is 10.8. The monoisotopic (exact) mass is 279 g/mol. The lowest BCUT2D eigenvalue weighted by Gasteiger charge is -2.11. The van der Waals surface area contributed by atoms with Crippen molar-refractivity contribution < 1.29 is 5.11 Å². The molecule has 2 nitrogen and oxygen atoms in total. The minimum atomic E-state index is -0.578. The second-order valence-electron chi connectivity index (χ2n) is 3.96. The lowest BCUT2D eigenvalue weighted by atomic mass is 10.2. The Kier molecular flexibility index (Phi) is 4.64. The molecule has 1 unspecified atom stereocenters. The number of nitrogens with zero attached hydrogens (tertiary/aromatic N) is 1. The summed E-state index contributed by atoms with van der Waals surface area (Å²) in [6, 6.07) is 13.3. The van der Waals surface area contributed by atoms with Crippen LogP contribution in [0.3, 0.4) is 0 Å². The first kappa shape index (κ1) is 13.4. The van der Waals surface area contributed by atoms with Crippen LogP contribution < -0.4 is 0 Å². The normalized spacial score (nSPS) is 12.4. The zero-order valence-corrected chi connectivity index (χ0v) is 11.6. The summed E-state index contributed by atoms with van der Waals surface area (Å²) in [6.07, 6.45) is -0.578. The van der Waals surface area contributed by atoms with Crippen molar-refractivity contribution >= 4 is 23.4 Å². The molecular formula is C14H14ClNOS. The van der Waals surface area contributed by atoms with Gasteiger partial charge in [-0.1, -0.05) is 29.8 Å². The van der Waals surface area contributed by atoms with Crippen LogP contribution in [0.4, 0.5) is 0 Å². The van der Waals surface area contributed by atoms with Crippen LogP contribution in [0.1, 0.15) is 17.5 Å². The van der Waals surface area contributed by atoms with E-state index in [0.29, 0.717) is 16.5 Å². The van der Waals surface area contributed by atoms with E-state index in [4.69, 9.17) is 11.6 Å². The Hall–Kier alpha value is -1.03. The smallest absolute Gasteiger partial charge is 0.105 e. The zero-order valence-electron chi connectivity index (χ0n) is 10.0. The number of rotatable bonds is 4. The molecule has 18 heavy (non-hydrogen) atoms. The van der Waals surface area contributed by atoms with E-state index in [0.717, 1.165) is 10.6 Å². The number of aliphatic hydroxyl groups is 1. The third kappa shape index (κ3) is 3.48. The molecule has 2 rings (SSSR count). The molecule has 0 aliphatic rings. The number of pyridine rings is 1. The molecule has 2 aromatic rings. The molecule has 0 aliphatic carbocycles. The Morgan fingerprint density at radius 3 is 2.72 bits per heavy atom. The highest BCUT2D eigenvalue weighted by atomic mass is 35.5. The van der Waals surface area contributed by atoms with Crippen molar-refractivity contribution in [3.05, 3.63) is 58.9 Å². The van der Waals surface area contributed by atoms with Crippen LogP contribution in [-0.2, 0) is 0 Å². The van der Waals surface area contributed by atoms with Crippen LogP contribution in [0.15, 0.2) is 47.4 Å². The largest absolute Gasteiger partial charge is 0.386 e. The van der Waals surface area contributed by atoms with Gasteiger partial charge in [0.25, 0.3) is 0 Å². The average molecular weight is 280 g/mol. The lowest BCUT2D eigenvalue weighted by Crippen LogP contribution is -2.03. The highest BCUT2D eigenvalue weighted by molar-refractivity contribution is 7.99. The van der Waals surface area contributed by atoms with E-state index in [1.165, 1.54) is 11.8 Å². The van der Waals surface area contributed by atoms with E-state index in [-0.39, 0.29) is 0 Å². The first-order valence-corrected chi connectivity index (χ1v) is 7.02. The minimum Gasteiger partial charge on any atom is -0.386 e. The van der Waals surface area contributed by atoms with Gasteiger partial charge in [0.1, 0.15) is 6.10 Å². The number of thioether (sulfide) groups is 1. The Bertz CT molecular complexity index is 533. The Morgan fingerprint density at radius 2 is 2.00 bits per heavy atom. The highest BCUT2D eigenvalue weighted by Gasteiger charge is 2.10. The molecule has 0 fully saturated rings. The van der Waals surface area contributed by atoms with E-state index in [9.17, 15) is 5.11 Å². The van der Waals surface area contributed by atoms with Crippen molar-refractivity contribution in [3.63, 3.8) is 0 Å². The van der Waals surface area contributed by atoms with Crippen LogP contribution in [0.5, 0.6) is 0 Å². The number of aryl methyl sites for hydroxylation is 1. The van der Waals surface area contributed by atoms with Gasteiger partial charge in [-0.3, -0.25) is 4.98 Å². The number of hydrogen-bond acceptors (Lipinski definition) is 3. The molecule has 0 saturated carbocycles. The first-order chi connectivity index (χ1) is 8.66. The van der Waals surface area contributed by atoms with Crippen molar-refractivity contribution in [2.75, 3.05) is 5.75 Å². The lowest BCUT2D eigenvalue weighted by molar-refractivity contribution is 0.199. The maximum absolute atomic E-state index is 10.1. The van der Waals surface area contributed by atoms with Crippen molar-refractivity contribution in [1.29, 1.82) is 0 Å². The van der Waals surface area contributed by atoms with Crippen LogP contribution in [0, 0.1) is 6.92 Å². The van der Waals surface area contributed by atoms with E-state index in [1.807, 2.05) is 49.4 Å². The SMILES string of the molecule is Cc1cccc(C(O)CSc2ccccc2Cl)n1. The fourth-order valence-electron chi connectivity index (χ4n) is 1.57. The third-order valence-electron chi connectivity index (χ3n) is 2.48. The molecule has 94 valence electrons. The van der Waals surface area contributed by atoms with Crippen LogP contribution >= 0.6 is 23.4 Å². The average Bonchev–Trinajstić information content (AvgIpc) is 2.37. The number of halogens is 1. The molecule has 1 N–H and O–H groups in total. The molecule has 0 spiro atoms. The van der Waals surface area contributed by atoms with Crippen LogP contribution in [0.2, 0.25) is 5.02 Å². The quantitative estimate of drug-likeness (QED) is 0.863. The Balaban J connectivity index is 2.00. The molecule has 1 aromatic carbocycles. The third-order valence-corrected chi connectivity index (χ3v) is 4.08. The fourth-order valence-corrected chi connectivity index (χ4v) is 2.75. The number of aliphatic hydroxyl groups excluding tert-OH is 1. The number of benzene rings is 1. The summed E-state index contributed by atoms with van der Waals surface area (Å²) in [6.45, 7) is 1.91. The summed E-state index contributed by atoms with van der Waals surface area (Å²) in [7, 11) is 0. The Morgan fingerprint density at radius 1 is 1.22 bits per heavy atom. The Labute approximate surface area is 116 Å². The standard InChI is InChI=1S/C14H14ClNOS/c1-10-5-4-7-12(16-10)13(17)9-18-14-8-3-2-6-11(14)15/h2-8,13,17H,9H2,1H3. The summed E-state index contributed by atoms with van der Waals surface area (Å²) in [5.74, 6) is 0.542. The van der Waals surface area contributed by atoms with Crippen molar-refractivity contribution in [3.8, 4) is 0 Å². The van der Waals surface area contributed by atoms with Gasteiger partial charge < -0.3 is 5.11 Å². The van der Waals surface area contributed by atoms with Gasteiger partial charge in [0, 0.05) is 16.3 Å². The summed E-state index contributed by atoms with van der Waals surface area (Å²) in [5.41, 5.74) is 1.61. The molecule has 0 amide bonds. The maximum Gasteiger partial charge on any atom is 0.105 e. The van der Waals surface area contributed by atoms with E-state index in [2.05, 4.69) is 4.98 Å². The van der Waals surface area contributed by atoms with Crippen molar-refractivity contribution in [1.82, 2.24) is 4.98 Å². The summed E-state index contributed by atoms with van der Waals surface area (Å²) < 4.78 is 0. The molecule has 0 saturated heterocycles. The summed E-state index contributed by atoms with van der Waals surface area (Å²) >= 11 is 7.59. The predicted octanol–water partition coefficient (Wildman–Crippen LogP) is 3.87. The van der Waals surface area contributed by atoms with Gasteiger partial charge in [0.15, 0.2) is 0 Å². The highest BCUT2D eigenvalue weighted by Crippen LogP contribution is 2.29. The minimum absolute atomic E-state index is 0.542. The van der Waals surface area contributed by atoms with Crippen molar-refractivity contribution in [2.24, 2.45) is 0 Å². The van der Waals surface area contributed by atoms with Gasteiger partial charge in [-0.25, -0.2) is 0 Å². The first-order valence-electron chi connectivity index (χ1n) is 5.66. The molecule has 0 bridgehead atoms. The molecule has 1 atom stereocenters. The topological polar surface area (TPSA) is 33.1 Å². The number of hydrogen-bond donors (Lipinski definition) is 1.